The van der Waals surface area contributed by atoms with E-state index in [1.165, 1.54) is 16.1 Å². The Morgan fingerprint density at radius 2 is 1.86 bits per heavy atom. The minimum Gasteiger partial charge on any atom is -0.399 e. The zero-order chi connectivity index (χ0) is 20.0. The standard InChI is InChI=1S/C21H21N5O2S/c22-14-5-7-16(8-6-14)29(27,28)26-12-10-18-20(26)17-3-1-2-4-19(17)25-21(18)24-15-9-11-23-13-15/h1-8,10,12,15,23H,9,11,13,22H2,(H,24,25)/t15-/m1/s1. The van der Waals surface area contributed by atoms with E-state index in [9.17, 15) is 8.42 Å². The van der Waals surface area contributed by atoms with Gasteiger partial charge in [-0.25, -0.2) is 17.4 Å². The average molecular weight is 407 g/mol. The van der Waals surface area contributed by atoms with Crippen molar-refractivity contribution in [2.75, 3.05) is 24.1 Å². The molecule has 0 spiro atoms. The minimum atomic E-state index is -3.78. The molecule has 148 valence electrons. The maximum Gasteiger partial charge on any atom is 0.268 e. The van der Waals surface area contributed by atoms with Gasteiger partial charge in [0.1, 0.15) is 5.82 Å². The van der Waals surface area contributed by atoms with Crippen molar-refractivity contribution < 1.29 is 8.42 Å². The van der Waals surface area contributed by atoms with Crippen LogP contribution in [0.2, 0.25) is 0 Å². The number of rotatable bonds is 4. The van der Waals surface area contributed by atoms with E-state index < -0.39 is 10.0 Å². The second kappa shape index (κ2) is 6.75. The van der Waals surface area contributed by atoms with Crippen LogP contribution in [-0.2, 0) is 10.0 Å². The van der Waals surface area contributed by atoms with Crippen LogP contribution in [0.5, 0.6) is 0 Å². The summed E-state index contributed by atoms with van der Waals surface area (Å²) in [4.78, 5) is 4.98. The third-order valence-corrected chi connectivity index (χ3v) is 7.03. The van der Waals surface area contributed by atoms with Crippen LogP contribution in [0.15, 0.2) is 65.7 Å². The van der Waals surface area contributed by atoms with Crippen molar-refractivity contribution >= 4 is 43.3 Å². The monoisotopic (exact) mass is 407 g/mol. The summed E-state index contributed by atoms with van der Waals surface area (Å²) in [6.07, 6.45) is 2.60. The van der Waals surface area contributed by atoms with E-state index >= 15 is 0 Å². The first-order valence-corrected chi connectivity index (χ1v) is 11.0. The predicted octanol–water partition coefficient (Wildman–Crippen LogP) is 2.78. The molecule has 0 aliphatic carbocycles. The number of para-hydroxylation sites is 1. The zero-order valence-electron chi connectivity index (χ0n) is 15.7. The highest BCUT2D eigenvalue weighted by atomic mass is 32.2. The second-order valence-electron chi connectivity index (χ2n) is 7.26. The van der Waals surface area contributed by atoms with Gasteiger partial charge in [-0.2, -0.15) is 0 Å². The summed E-state index contributed by atoms with van der Waals surface area (Å²) in [5, 5.41) is 8.40. The SMILES string of the molecule is Nc1ccc(S(=O)(=O)n2ccc3c(N[C@@H]4CCNC4)nc4ccccc4c32)cc1. The number of nitrogen functional groups attached to an aromatic ring is 1. The first-order chi connectivity index (χ1) is 14.0. The number of nitrogens with one attached hydrogen (secondary N) is 2. The van der Waals surface area contributed by atoms with E-state index in [1.807, 2.05) is 30.3 Å². The maximum atomic E-state index is 13.4. The highest BCUT2D eigenvalue weighted by Crippen LogP contribution is 2.33. The van der Waals surface area contributed by atoms with Crippen LogP contribution in [0.4, 0.5) is 11.5 Å². The van der Waals surface area contributed by atoms with Gasteiger partial charge in [-0.15, -0.1) is 0 Å². The van der Waals surface area contributed by atoms with E-state index in [4.69, 9.17) is 10.7 Å². The molecule has 3 heterocycles. The summed E-state index contributed by atoms with van der Waals surface area (Å²) in [6, 6.07) is 15.9. The minimum absolute atomic E-state index is 0.194. The number of hydrogen-bond donors (Lipinski definition) is 3. The highest BCUT2D eigenvalue weighted by molar-refractivity contribution is 7.90. The van der Waals surface area contributed by atoms with Gasteiger partial charge in [-0.1, -0.05) is 18.2 Å². The Morgan fingerprint density at radius 1 is 1.07 bits per heavy atom. The topological polar surface area (TPSA) is 102 Å². The molecule has 1 atom stereocenters. The Kier molecular flexibility index (Phi) is 4.18. The van der Waals surface area contributed by atoms with Gasteiger partial charge in [0.15, 0.2) is 0 Å². The van der Waals surface area contributed by atoms with Crippen molar-refractivity contribution in [3.05, 3.63) is 60.8 Å². The fraction of sp³-hybridized carbons (Fsp3) is 0.190. The Bertz CT molecular complexity index is 1310. The summed E-state index contributed by atoms with van der Waals surface area (Å²) in [6.45, 7) is 1.82. The largest absolute Gasteiger partial charge is 0.399 e. The highest BCUT2D eigenvalue weighted by Gasteiger charge is 2.23. The van der Waals surface area contributed by atoms with Gasteiger partial charge in [0.2, 0.25) is 0 Å². The predicted molar refractivity (Wildman–Crippen MR) is 116 cm³/mol. The molecule has 2 aromatic heterocycles. The molecular formula is C21H21N5O2S. The van der Waals surface area contributed by atoms with Gasteiger partial charge in [0, 0.05) is 35.2 Å². The van der Waals surface area contributed by atoms with Crippen LogP contribution in [0.25, 0.3) is 21.8 Å². The number of fused-ring (bicyclic) bond motifs is 3. The number of benzene rings is 2. The third kappa shape index (κ3) is 3.01. The van der Waals surface area contributed by atoms with Gasteiger partial charge in [0.05, 0.1) is 15.9 Å². The molecule has 1 fully saturated rings. The Hall–Kier alpha value is -3.10. The third-order valence-electron chi connectivity index (χ3n) is 5.34. The fourth-order valence-electron chi connectivity index (χ4n) is 3.86. The molecular weight excluding hydrogens is 386 g/mol. The summed E-state index contributed by atoms with van der Waals surface area (Å²) in [5.41, 5.74) is 7.63. The average Bonchev–Trinajstić information content (AvgIpc) is 3.39. The lowest BCUT2D eigenvalue weighted by atomic mass is 10.1. The van der Waals surface area contributed by atoms with Gasteiger partial charge in [-0.05, 0) is 49.4 Å². The zero-order valence-corrected chi connectivity index (χ0v) is 16.5. The fourth-order valence-corrected chi connectivity index (χ4v) is 5.22. The lowest BCUT2D eigenvalue weighted by molar-refractivity contribution is 0.589. The van der Waals surface area contributed by atoms with Crippen molar-refractivity contribution in [3.8, 4) is 0 Å². The number of aromatic nitrogens is 2. The normalized spacial score (nSPS) is 17.2. The van der Waals surface area contributed by atoms with Gasteiger partial charge in [0.25, 0.3) is 10.0 Å². The molecule has 1 aliphatic heterocycles. The number of nitrogens with zero attached hydrogens (tertiary/aromatic N) is 2. The van der Waals surface area contributed by atoms with Crippen LogP contribution in [0, 0.1) is 0 Å². The Balaban J connectivity index is 1.75. The van der Waals surface area contributed by atoms with Crippen LogP contribution < -0.4 is 16.4 Å². The molecule has 2 aromatic carbocycles. The maximum absolute atomic E-state index is 13.4. The molecule has 0 amide bonds. The summed E-state index contributed by atoms with van der Waals surface area (Å²) in [7, 11) is -3.78. The molecule has 1 aliphatic rings. The number of nitrogens with two attached hydrogens (primary N) is 1. The second-order valence-corrected chi connectivity index (χ2v) is 9.07. The molecule has 7 nitrogen and oxygen atoms in total. The number of pyridine rings is 1. The molecule has 0 saturated carbocycles. The van der Waals surface area contributed by atoms with E-state index in [0.717, 1.165) is 35.8 Å². The van der Waals surface area contributed by atoms with Crippen molar-refractivity contribution in [2.45, 2.75) is 17.4 Å². The molecule has 29 heavy (non-hydrogen) atoms. The van der Waals surface area contributed by atoms with Gasteiger partial charge < -0.3 is 16.4 Å². The van der Waals surface area contributed by atoms with Crippen LogP contribution in [0.1, 0.15) is 6.42 Å². The molecule has 4 N–H and O–H groups in total. The first kappa shape index (κ1) is 18.0. The quantitative estimate of drug-likeness (QED) is 0.450. The molecule has 5 rings (SSSR count). The van der Waals surface area contributed by atoms with E-state index in [0.29, 0.717) is 17.0 Å². The summed E-state index contributed by atoms with van der Waals surface area (Å²) in [5.74, 6) is 0.707. The Morgan fingerprint density at radius 3 is 2.62 bits per heavy atom. The number of anilines is 2. The molecule has 0 unspecified atom stereocenters. The molecule has 0 bridgehead atoms. The van der Waals surface area contributed by atoms with Crippen LogP contribution in [-0.4, -0.2) is 36.5 Å². The van der Waals surface area contributed by atoms with Gasteiger partial charge >= 0.3 is 0 Å². The van der Waals surface area contributed by atoms with Crippen molar-refractivity contribution in [2.24, 2.45) is 0 Å². The Labute approximate surface area is 168 Å². The molecule has 4 aromatic rings. The van der Waals surface area contributed by atoms with Gasteiger partial charge in [-0.3, -0.25) is 0 Å². The first-order valence-electron chi connectivity index (χ1n) is 9.52. The van der Waals surface area contributed by atoms with Crippen LogP contribution in [0.3, 0.4) is 0 Å². The van der Waals surface area contributed by atoms with E-state index in [2.05, 4.69) is 10.6 Å². The summed E-state index contributed by atoms with van der Waals surface area (Å²) >= 11 is 0. The molecule has 8 heteroatoms. The smallest absolute Gasteiger partial charge is 0.268 e. The lowest BCUT2D eigenvalue weighted by Gasteiger charge is -2.15. The van der Waals surface area contributed by atoms with Crippen molar-refractivity contribution in [3.63, 3.8) is 0 Å². The number of hydrogen-bond acceptors (Lipinski definition) is 6. The van der Waals surface area contributed by atoms with E-state index in [1.54, 1.807) is 18.3 Å². The lowest BCUT2D eigenvalue weighted by Crippen LogP contribution is -2.22. The van der Waals surface area contributed by atoms with Crippen molar-refractivity contribution in [1.29, 1.82) is 0 Å². The molecule has 0 radical (unpaired) electrons. The van der Waals surface area contributed by atoms with Crippen LogP contribution >= 0.6 is 0 Å². The van der Waals surface area contributed by atoms with Crippen molar-refractivity contribution in [1.82, 2.24) is 14.3 Å². The molecule has 1 saturated heterocycles. The van der Waals surface area contributed by atoms with E-state index in [-0.39, 0.29) is 10.9 Å². The summed E-state index contributed by atoms with van der Waals surface area (Å²) < 4.78 is 28.1.